The number of rotatable bonds is 5. The minimum atomic E-state index is -5.13. The molecule has 1 amide bonds. The lowest BCUT2D eigenvalue weighted by Gasteiger charge is -2.22. The van der Waals surface area contributed by atoms with Crippen LogP contribution in [0.5, 0.6) is 5.75 Å². The fourth-order valence-electron chi connectivity index (χ4n) is 2.20. The molecule has 0 aliphatic rings. The van der Waals surface area contributed by atoms with Crippen LogP contribution in [0.25, 0.3) is 0 Å². The van der Waals surface area contributed by atoms with E-state index in [1.54, 1.807) is 0 Å². The number of ether oxygens (including phenoxy) is 1. The number of carbonyl (C=O) groups is 1. The van der Waals surface area contributed by atoms with Gasteiger partial charge in [-0.15, -0.1) is 0 Å². The highest BCUT2D eigenvalue weighted by Gasteiger charge is 2.37. The van der Waals surface area contributed by atoms with E-state index in [9.17, 15) is 41.4 Å². The largest absolute Gasteiger partial charge is 0.437 e. The molecule has 2 aromatic rings. The monoisotopic (exact) mass is 459 g/mol. The van der Waals surface area contributed by atoms with Crippen LogP contribution in [0.2, 0.25) is 5.02 Å². The number of carbonyl (C=O) groups excluding carboxylic acids is 1. The Labute approximate surface area is 169 Å². The normalized spacial score (nSPS) is 12.6. The SMILES string of the molecule is O=C(Nc1cc(C(F)(F)F)cc(C(F)(F)F)c1)c1cc(Cl)ccc1OC(O)(O)CO. The van der Waals surface area contributed by atoms with Gasteiger partial charge in [0.25, 0.3) is 5.91 Å². The number of anilines is 1. The van der Waals surface area contributed by atoms with Crippen molar-refractivity contribution >= 4 is 23.2 Å². The van der Waals surface area contributed by atoms with Gasteiger partial charge in [-0.25, -0.2) is 0 Å². The van der Waals surface area contributed by atoms with Gasteiger partial charge in [0, 0.05) is 10.7 Å². The van der Waals surface area contributed by atoms with E-state index in [2.05, 4.69) is 4.74 Å². The summed E-state index contributed by atoms with van der Waals surface area (Å²) < 4.78 is 82.3. The maximum atomic E-state index is 12.9. The molecule has 2 aromatic carbocycles. The number of aliphatic hydroxyl groups excluding tert-OH is 1. The van der Waals surface area contributed by atoms with Crippen LogP contribution in [0.1, 0.15) is 21.5 Å². The molecule has 0 heterocycles. The van der Waals surface area contributed by atoms with Crippen molar-refractivity contribution in [3.8, 4) is 5.75 Å². The molecule has 0 spiro atoms. The fraction of sp³-hybridized carbons (Fsp3) is 0.235. The van der Waals surface area contributed by atoms with Gasteiger partial charge >= 0.3 is 18.3 Å². The van der Waals surface area contributed by atoms with Crippen LogP contribution >= 0.6 is 11.6 Å². The van der Waals surface area contributed by atoms with Crippen molar-refractivity contribution in [2.75, 3.05) is 11.9 Å². The number of hydrogen-bond donors (Lipinski definition) is 4. The van der Waals surface area contributed by atoms with Crippen LogP contribution in [0.15, 0.2) is 36.4 Å². The Bertz CT molecular complexity index is 913. The van der Waals surface area contributed by atoms with Gasteiger partial charge in [-0.05, 0) is 36.4 Å². The highest BCUT2D eigenvalue weighted by molar-refractivity contribution is 6.31. The predicted octanol–water partition coefficient (Wildman–Crippen LogP) is 3.64. The molecule has 164 valence electrons. The van der Waals surface area contributed by atoms with Crippen LogP contribution < -0.4 is 10.1 Å². The minimum absolute atomic E-state index is 0.0852. The van der Waals surface area contributed by atoms with Gasteiger partial charge in [0.2, 0.25) is 0 Å². The highest BCUT2D eigenvalue weighted by atomic mass is 35.5. The predicted molar refractivity (Wildman–Crippen MR) is 90.7 cm³/mol. The molecule has 0 aliphatic carbocycles. The van der Waals surface area contributed by atoms with Crippen molar-refractivity contribution in [1.29, 1.82) is 0 Å². The van der Waals surface area contributed by atoms with Gasteiger partial charge in [-0.3, -0.25) is 4.79 Å². The lowest BCUT2D eigenvalue weighted by atomic mass is 10.1. The highest BCUT2D eigenvalue weighted by Crippen LogP contribution is 2.38. The van der Waals surface area contributed by atoms with E-state index >= 15 is 0 Å². The second kappa shape index (κ2) is 8.30. The van der Waals surface area contributed by atoms with E-state index in [4.69, 9.17) is 16.7 Å². The summed E-state index contributed by atoms with van der Waals surface area (Å²) >= 11 is 5.73. The zero-order valence-electron chi connectivity index (χ0n) is 14.5. The van der Waals surface area contributed by atoms with Gasteiger partial charge in [0.1, 0.15) is 12.4 Å². The summed E-state index contributed by atoms with van der Waals surface area (Å²) in [5.74, 6) is -4.96. The molecule has 0 aromatic heterocycles. The third kappa shape index (κ3) is 5.98. The van der Waals surface area contributed by atoms with Crippen LogP contribution in [-0.4, -0.2) is 33.8 Å². The smallest absolute Gasteiger partial charge is 0.416 e. The van der Waals surface area contributed by atoms with Crippen molar-refractivity contribution in [3.05, 3.63) is 58.1 Å². The van der Waals surface area contributed by atoms with Crippen LogP contribution in [-0.2, 0) is 12.4 Å². The number of hydrogen-bond acceptors (Lipinski definition) is 5. The van der Waals surface area contributed by atoms with E-state index in [-0.39, 0.29) is 23.2 Å². The number of aliphatic hydroxyl groups is 3. The Balaban J connectivity index is 2.46. The first-order valence-electron chi connectivity index (χ1n) is 7.77. The second-order valence-electron chi connectivity index (χ2n) is 5.89. The number of halogens is 7. The number of benzene rings is 2. The summed E-state index contributed by atoms with van der Waals surface area (Å²) in [6, 6.07) is 3.49. The fourth-order valence-corrected chi connectivity index (χ4v) is 2.37. The molecule has 0 aliphatic heterocycles. The quantitative estimate of drug-likeness (QED) is 0.404. The molecule has 6 nitrogen and oxygen atoms in total. The molecule has 13 heteroatoms. The summed E-state index contributed by atoms with van der Waals surface area (Å²) in [6.45, 7) is -1.32. The van der Waals surface area contributed by atoms with E-state index in [0.29, 0.717) is 0 Å². The second-order valence-corrected chi connectivity index (χ2v) is 6.33. The molecular formula is C17H12ClF6NO5. The molecule has 0 bridgehead atoms. The molecule has 0 atom stereocenters. The van der Waals surface area contributed by atoms with Gasteiger partial charge in [0.15, 0.2) is 0 Å². The third-order valence-electron chi connectivity index (χ3n) is 3.51. The van der Waals surface area contributed by atoms with Gasteiger partial charge in [-0.2, -0.15) is 26.3 Å². The lowest BCUT2D eigenvalue weighted by Crippen LogP contribution is -2.40. The average Bonchev–Trinajstić information content (AvgIpc) is 2.61. The molecular weight excluding hydrogens is 448 g/mol. The summed E-state index contributed by atoms with van der Waals surface area (Å²) in [5, 5.41) is 29.3. The van der Waals surface area contributed by atoms with Crippen LogP contribution in [0, 0.1) is 0 Å². The zero-order chi connectivity index (χ0) is 22.9. The number of alkyl halides is 6. The first-order chi connectivity index (χ1) is 13.6. The zero-order valence-corrected chi connectivity index (χ0v) is 15.2. The molecule has 0 fully saturated rings. The maximum absolute atomic E-state index is 12.9. The molecule has 4 N–H and O–H groups in total. The topological polar surface area (TPSA) is 99.0 Å². The molecule has 30 heavy (non-hydrogen) atoms. The third-order valence-corrected chi connectivity index (χ3v) is 3.75. The van der Waals surface area contributed by atoms with Crippen LogP contribution in [0.3, 0.4) is 0 Å². The molecule has 0 saturated carbocycles. The minimum Gasteiger partial charge on any atom is -0.437 e. The van der Waals surface area contributed by atoms with Gasteiger partial charge in [-0.1, -0.05) is 11.6 Å². The van der Waals surface area contributed by atoms with Crippen molar-refractivity contribution < 1.29 is 51.2 Å². The first-order valence-corrected chi connectivity index (χ1v) is 8.15. The van der Waals surface area contributed by atoms with Gasteiger partial charge in [0.05, 0.1) is 16.7 Å². The Morgan fingerprint density at radius 3 is 1.97 bits per heavy atom. The van der Waals surface area contributed by atoms with Crippen molar-refractivity contribution in [3.63, 3.8) is 0 Å². The van der Waals surface area contributed by atoms with E-state index in [0.717, 1.165) is 18.2 Å². The number of amides is 1. The average molecular weight is 460 g/mol. The Morgan fingerprint density at radius 1 is 0.967 bits per heavy atom. The van der Waals surface area contributed by atoms with Crippen LogP contribution in [0.4, 0.5) is 32.0 Å². The van der Waals surface area contributed by atoms with E-state index < -0.39 is 59.0 Å². The van der Waals surface area contributed by atoms with Crippen molar-refractivity contribution in [2.24, 2.45) is 0 Å². The van der Waals surface area contributed by atoms with Crippen molar-refractivity contribution in [1.82, 2.24) is 0 Å². The Morgan fingerprint density at radius 2 is 1.50 bits per heavy atom. The maximum Gasteiger partial charge on any atom is 0.416 e. The van der Waals surface area contributed by atoms with E-state index in [1.807, 2.05) is 5.32 Å². The first kappa shape index (κ1) is 23.7. The standard InChI is InChI=1S/C17H12ClF6NO5/c18-10-1-2-13(30-15(28,29)7-26)12(6-10)14(27)25-11-4-8(16(19,20)21)3-9(5-11)17(22,23)24/h1-6,26,28-29H,7H2,(H,25,27). The molecule has 0 saturated heterocycles. The Hall–Kier alpha value is -2.54. The van der Waals surface area contributed by atoms with E-state index in [1.165, 1.54) is 0 Å². The molecule has 2 rings (SSSR count). The summed E-state index contributed by atoms with van der Waals surface area (Å²) in [7, 11) is 0. The molecule has 0 radical (unpaired) electrons. The number of nitrogens with one attached hydrogen (secondary N) is 1. The van der Waals surface area contributed by atoms with Gasteiger partial charge < -0.3 is 25.4 Å². The Kier molecular flexibility index (Phi) is 6.57. The summed E-state index contributed by atoms with van der Waals surface area (Å²) in [4.78, 5) is 12.4. The lowest BCUT2D eigenvalue weighted by molar-refractivity contribution is -0.308. The van der Waals surface area contributed by atoms with Crippen molar-refractivity contribution in [2.45, 2.75) is 18.3 Å². The summed E-state index contributed by atoms with van der Waals surface area (Å²) in [5.41, 5.74) is -4.70. The summed E-state index contributed by atoms with van der Waals surface area (Å²) in [6.07, 6.45) is -10.3. The molecule has 0 unspecified atom stereocenters.